The van der Waals surface area contributed by atoms with Crippen LogP contribution in [0.3, 0.4) is 0 Å². The van der Waals surface area contributed by atoms with Crippen LogP contribution in [0.5, 0.6) is 5.75 Å². The first-order chi connectivity index (χ1) is 13.6. The van der Waals surface area contributed by atoms with Gasteiger partial charge < -0.3 is 19.9 Å². The molecule has 2 atom stereocenters. The summed E-state index contributed by atoms with van der Waals surface area (Å²) in [4.78, 5) is 17.1. The summed E-state index contributed by atoms with van der Waals surface area (Å²) in [5.41, 5.74) is 1.32. The topological polar surface area (TPSA) is 44.8 Å². The molecule has 2 unspecified atom stereocenters. The molecule has 154 valence electrons. The Morgan fingerprint density at radius 3 is 2.79 bits per heavy atom. The van der Waals surface area contributed by atoms with E-state index in [-0.39, 0.29) is 12.1 Å². The third-order valence-corrected chi connectivity index (χ3v) is 7.40. The number of amides is 2. The van der Waals surface area contributed by atoms with E-state index in [4.69, 9.17) is 4.74 Å². The summed E-state index contributed by atoms with van der Waals surface area (Å²) in [6.07, 6.45) is 8.52. The second-order valence-electron chi connectivity index (χ2n) is 8.67. The minimum atomic E-state index is 0.160. The number of urea groups is 1. The first kappa shape index (κ1) is 20.0. The predicted octanol–water partition coefficient (Wildman–Crippen LogP) is 4.05. The highest BCUT2D eigenvalue weighted by Crippen LogP contribution is 2.29. The molecule has 1 aromatic carbocycles. The van der Waals surface area contributed by atoms with Gasteiger partial charge in [0, 0.05) is 30.1 Å². The molecule has 4 rings (SSSR count). The molecule has 28 heavy (non-hydrogen) atoms. The van der Waals surface area contributed by atoms with Crippen molar-refractivity contribution in [2.45, 2.75) is 57.0 Å². The van der Waals surface area contributed by atoms with E-state index in [0.29, 0.717) is 12.0 Å². The molecule has 2 amide bonds. The van der Waals surface area contributed by atoms with E-state index in [9.17, 15) is 4.79 Å². The molecule has 1 N–H and O–H groups in total. The van der Waals surface area contributed by atoms with Gasteiger partial charge in [0.1, 0.15) is 5.75 Å². The SMILES string of the molecule is COc1ccc(Br)c(CC2CCN(CC3CN(C4CCCCC4)C(=O)N3)C2)c1. The lowest BCUT2D eigenvalue weighted by atomic mass is 9.94. The largest absolute Gasteiger partial charge is 0.497 e. The van der Waals surface area contributed by atoms with Crippen LogP contribution in [0.2, 0.25) is 0 Å². The summed E-state index contributed by atoms with van der Waals surface area (Å²) < 4.78 is 6.54. The van der Waals surface area contributed by atoms with Crippen LogP contribution in [0.1, 0.15) is 44.1 Å². The molecular formula is C22H32BrN3O2. The van der Waals surface area contributed by atoms with Crippen molar-refractivity contribution in [2.75, 3.05) is 33.3 Å². The van der Waals surface area contributed by atoms with Crippen molar-refractivity contribution in [3.05, 3.63) is 28.2 Å². The first-order valence-electron chi connectivity index (χ1n) is 10.7. The Kier molecular flexibility index (Phi) is 6.46. The molecule has 0 spiro atoms. The fourth-order valence-electron chi connectivity index (χ4n) is 5.14. The van der Waals surface area contributed by atoms with Crippen LogP contribution >= 0.6 is 15.9 Å². The van der Waals surface area contributed by atoms with E-state index in [1.54, 1.807) is 7.11 Å². The van der Waals surface area contributed by atoms with Gasteiger partial charge in [0.15, 0.2) is 0 Å². The number of nitrogens with one attached hydrogen (secondary N) is 1. The van der Waals surface area contributed by atoms with Gasteiger partial charge in [-0.05, 0) is 61.9 Å². The maximum Gasteiger partial charge on any atom is 0.318 e. The molecule has 2 saturated heterocycles. The summed E-state index contributed by atoms with van der Waals surface area (Å²) in [5.74, 6) is 1.58. The molecule has 2 aliphatic heterocycles. The van der Waals surface area contributed by atoms with Crippen molar-refractivity contribution in [1.29, 1.82) is 0 Å². The van der Waals surface area contributed by atoms with E-state index in [1.165, 1.54) is 44.1 Å². The highest BCUT2D eigenvalue weighted by molar-refractivity contribution is 9.10. The number of hydrogen-bond donors (Lipinski definition) is 1. The molecule has 1 aliphatic carbocycles. The van der Waals surface area contributed by atoms with Gasteiger partial charge in [-0.2, -0.15) is 0 Å². The number of halogens is 1. The number of rotatable bonds is 6. The zero-order valence-corrected chi connectivity index (χ0v) is 18.4. The third kappa shape index (κ3) is 4.65. The monoisotopic (exact) mass is 449 g/mol. The molecule has 0 radical (unpaired) electrons. The Hall–Kier alpha value is -1.27. The second-order valence-corrected chi connectivity index (χ2v) is 9.52. The average molecular weight is 450 g/mol. The minimum Gasteiger partial charge on any atom is -0.497 e. The van der Waals surface area contributed by atoms with Gasteiger partial charge in [-0.15, -0.1) is 0 Å². The highest BCUT2D eigenvalue weighted by atomic mass is 79.9. The molecule has 3 fully saturated rings. The summed E-state index contributed by atoms with van der Waals surface area (Å²) in [6.45, 7) is 4.10. The van der Waals surface area contributed by atoms with E-state index in [2.05, 4.69) is 43.2 Å². The van der Waals surface area contributed by atoms with Crippen LogP contribution in [-0.4, -0.2) is 61.2 Å². The molecule has 0 bridgehead atoms. The van der Waals surface area contributed by atoms with Gasteiger partial charge in [0.2, 0.25) is 0 Å². The van der Waals surface area contributed by atoms with Crippen LogP contribution in [0.4, 0.5) is 4.79 Å². The predicted molar refractivity (Wildman–Crippen MR) is 115 cm³/mol. The van der Waals surface area contributed by atoms with Crippen molar-refractivity contribution < 1.29 is 9.53 Å². The van der Waals surface area contributed by atoms with Gasteiger partial charge in [0.05, 0.1) is 13.2 Å². The van der Waals surface area contributed by atoms with Crippen molar-refractivity contribution in [3.63, 3.8) is 0 Å². The van der Waals surface area contributed by atoms with Crippen LogP contribution in [0.25, 0.3) is 0 Å². The maximum absolute atomic E-state index is 12.4. The van der Waals surface area contributed by atoms with Gasteiger partial charge in [-0.25, -0.2) is 4.79 Å². The van der Waals surface area contributed by atoms with Crippen molar-refractivity contribution in [1.82, 2.24) is 15.1 Å². The number of benzene rings is 1. The zero-order valence-electron chi connectivity index (χ0n) is 16.8. The molecule has 6 heteroatoms. The number of nitrogens with zero attached hydrogens (tertiary/aromatic N) is 2. The van der Waals surface area contributed by atoms with Gasteiger partial charge in [-0.3, -0.25) is 0 Å². The summed E-state index contributed by atoms with van der Waals surface area (Å²) in [5, 5.41) is 3.24. The van der Waals surface area contributed by atoms with Gasteiger partial charge >= 0.3 is 6.03 Å². The number of likely N-dealkylation sites (tertiary alicyclic amines) is 1. The average Bonchev–Trinajstić information content (AvgIpc) is 3.30. The van der Waals surface area contributed by atoms with Crippen molar-refractivity contribution >= 4 is 22.0 Å². The van der Waals surface area contributed by atoms with E-state index < -0.39 is 0 Å². The number of hydrogen-bond acceptors (Lipinski definition) is 3. The lowest BCUT2D eigenvalue weighted by Crippen LogP contribution is -2.39. The number of ether oxygens (including phenoxy) is 1. The molecule has 0 aromatic heterocycles. The Labute approximate surface area is 176 Å². The quantitative estimate of drug-likeness (QED) is 0.712. The van der Waals surface area contributed by atoms with Crippen LogP contribution in [-0.2, 0) is 6.42 Å². The maximum atomic E-state index is 12.4. The van der Waals surface area contributed by atoms with Gasteiger partial charge in [0.25, 0.3) is 0 Å². The Morgan fingerprint density at radius 2 is 2.00 bits per heavy atom. The summed E-state index contributed by atoms with van der Waals surface area (Å²) in [7, 11) is 1.72. The Bertz CT molecular complexity index is 692. The second kappa shape index (κ2) is 9.04. The molecule has 2 heterocycles. The molecule has 1 saturated carbocycles. The molecule has 1 aromatic rings. The smallest absolute Gasteiger partial charge is 0.318 e. The molecular weight excluding hydrogens is 418 g/mol. The Morgan fingerprint density at radius 1 is 1.18 bits per heavy atom. The summed E-state index contributed by atoms with van der Waals surface area (Å²) >= 11 is 3.68. The lowest BCUT2D eigenvalue weighted by Gasteiger charge is -2.30. The molecule has 5 nitrogen and oxygen atoms in total. The first-order valence-corrected chi connectivity index (χ1v) is 11.5. The zero-order chi connectivity index (χ0) is 19.5. The van der Waals surface area contributed by atoms with Crippen LogP contribution in [0.15, 0.2) is 22.7 Å². The minimum absolute atomic E-state index is 0.160. The fraction of sp³-hybridized carbons (Fsp3) is 0.682. The van der Waals surface area contributed by atoms with Crippen LogP contribution in [0, 0.1) is 5.92 Å². The Balaban J connectivity index is 1.27. The van der Waals surface area contributed by atoms with Crippen molar-refractivity contribution in [2.24, 2.45) is 5.92 Å². The summed E-state index contributed by atoms with van der Waals surface area (Å²) in [6, 6.07) is 7.12. The standard InChI is InChI=1S/C22H32BrN3O2/c1-28-20-7-8-21(23)17(12-20)11-16-9-10-25(13-16)14-18-15-26(22(27)24-18)19-5-3-2-4-6-19/h7-8,12,16,18-19H,2-6,9-11,13-15H2,1H3,(H,24,27). The normalized spacial score (nSPS) is 26.6. The van der Waals surface area contributed by atoms with Crippen molar-refractivity contribution in [3.8, 4) is 5.75 Å². The highest BCUT2D eigenvalue weighted by Gasteiger charge is 2.36. The number of carbonyl (C=O) groups is 1. The number of carbonyl (C=O) groups excluding carboxylic acids is 1. The fourth-order valence-corrected chi connectivity index (χ4v) is 5.55. The number of methoxy groups -OCH3 is 1. The lowest BCUT2D eigenvalue weighted by molar-refractivity contribution is 0.177. The van der Waals surface area contributed by atoms with E-state index in [1.807, 2.05) is 6.07 Å². The van der Waals surface area contributed by atoms with Gasteiger partial charge in [-0.1, -0.05) is 35.2 Å². The van der Waals surface area contributed by atoms with Crippen LogP contribution < -0.4 is 10.1 Å². The van der Waals surface area contributed by atoms with E-state index >= 15 is 0 Å². The van der Waals surface area contributed by atoms with E-state index in [0.717, 1.165) is 42.8 Å². The molecule has 3 aliphatic rings. The third-order valence-electron chi connectivity index (χ3n) is 6.63.